The summed E-state index contributed by atoms with van der Waals surface area (Å²) in [6.45, 7) is 5.80. The molecule has 0 bridgehead atoms. The molecular formula is C15H19ClN4S. The van der Waals surface area contributed by atoms with Crippen molar-refractivity contribution in [2.75, 3.05) is 26.2 Å². The van der Waals surface area contributed by atoms with Gasteiger partial charge in [0.1, 0.15) is 5.01 Å². The Hall–Kier alpha value is -1.01. The van der Waals surface area contributed by atoms with Gasteiger partial charge in [0.05, 0.1) is 11.4 Å². The topological polar surface area (TPSA) is 41.1 Å². The van der Waals surface area contributed by atoms with Gasteiger partial charge in [0.2, 0.25) is 0 Å². The number of halogens is 1. The summed E-state index contributed by atoms with van der Waals surface area (Å²) in [7, 11) is 0. The molecule has 2 aromatic heterocycles. The molecule has 2 aliphatic rings. The van der Waals surface area contributed by atoms with Gasteiger partial charge in [0.15, 0.2) is 0 Å². The third-order valence-electron chi connectivity index (χ3n) is 4.29. The van der Waals surface area contributed by atoms with E-state index in [4.69, 9.17) is 4.98 Å². The number of rotatable bonds is 3. The van der Waals surface area contributed by atoms with Gasteiger partial charge < -0.3 is 5.32 Å². The number of hydrogen-bond donors (Lipinski definition) is 1. The Morgan fingerprint density at radius 2 is 2.05 bits per heavy atom. The highest BCUT2D eigenvalue weighted by Crippen LogP contribution is 2.28. The summed E-state index contributed by atoms with van der Waals surface area (Å²) in [4.78, 5) is 11.7. The van der Waals surface area contributed by atoms with Crippen LogP contribution in [0.4, 0.5) is 0 Å². The van der Waals surface area contributed by atoms with Gasteiger partial charge in [-0.05, 0) is 37.1 Å². The summed E-state index contributed by atoms with van der Waals surface area (Å²) in [6.07, 6.45) is 1.82. The average Bonchev–Trinajstić information content (AvgIpc) is 3.16. The highest BCUT2D eigenvalue weighted by molar-refractivity contribution is 7.13. The first-order valence-corrected chi connectivity index (χ1v) is 8.05. The fourth-order valence-corrected chi connectivity index (χ4v) is 4.08. The lowest BCUT2D eigenvalue weighted by molar-refractivity contribution is 0.302. The first kappa shape index (κ1) is 14.9. The van der Waals surface area contributed by atoms with E-state index >= 15 is 0 Å². The Labute approximate surface area is 135 Å². The lowest BCUT2D eigenvalue weighted by Gasteiger charge is -2.15. The normalized spacial score (nSPS) is 24.8. The van der Waals surface area contributed by atoms with Crippen LogP contribution in [0.5, 0.6) is 0 Å². The van der Waals surface area contributed by atoms with E-state index in [2.05, 4.69) is 20.6 Å². The van der Waals surface area contributed by atoms with Gasteiger partial charge in [-0.3, -0.25) is 9.88 Å². The van der Waals surface area contributed by atoms with E-state index in [9.17, 15) is 0 Å². The molecule has 2 fully saturated rings. The molecule has 0 aromatic carbocycles. The lowest BCUT2D eigenvalue weighted by atomic mass is 10.0. The molecule has 4 heterocycles. The van der Waals surface area contributed by atoms with Crippen LogP contribution in [0.2, 0.25) is 0 Å². The van der Waals surface area contributed by atoms with E-state index < -0.39 is 0 Å². The predicted molar refractivity (Wildman–Crippen MR) is 87.7 cm³/mol. The number of aromatic nitrogens is 2. The van der Waals surface area contributed by atoms with Crippen LogP contribution in [-0.2, 0) is 6.54 Å². The predicted octanol–water partition coefficient (Wildman–Crippen LogP) is 2.28. The number of thiazole rings is 1. The highest BCUT2D eigenvalue weighted by Gasteiger charge is 2.35. The zero-order valence-corrected chi connectivity index (χ0v) is 13.4. The zero-order valence-electron chi connectivity index (χ0n) is 11.7. The van der Waals surface area contributed by atoms with E-state index in [0.717, 1.165) is 29.1 Å². The molecule has 2 atom stereocenters. The molecule has 0 aliphatic carbocycles. The number of nitrogens with one attached hydrogen (secondary N) is 1. The third-order valence-corrected chi connectivity index (χ3v) is 5.20. The van der Waals surface area contributed by atoms with Crippen LogP contribution in [0.25, 0.3) is 10.7 Å². The Balaban J connectivity index is 0.00000132. The smallest absolute Gasteiger partial charge is 0.142 e. The largest absolute Gasteiger partial charge is 0.316 e. The number of pyridine rings is 1. The van der Waals surface area contributed by atoms with Crippen molar-refractivity contribution in [1.29, 1.82) is 0 Å². The number of nitrogens with zero attached hydrogens (tertiary/aromatic N) is 3. The van der Waals surface area contributed by atoms with Crippen LogP contribution >= 0.6 is 23.7 Å². The van der Waals surface area contributed by atoms with E-state index in [-0.39, 0.29) is 12.4 Å². The molecule has 1 N–H and O–H groups in total. The van der Waals surface area contributed by atoms with E-state index in [1.165, 1.54) is 31.9 Å². The monoisotopic (exact) mass is 322 g/mol. The molecule has 0 unspecified atom stereocenters. The third kappa shape index (κ3) is 3.11. The lowest BCUT2D eigenvalue weighted by Crippen LogP contribution is -2.25. The molecule has 0 saturated carbocycles. The molecular weight excluding hydrogens is 304 g/mol. The molecule has 21 heavy (non-hydrogen) atoms. The maximum Gasteiger partial charge on any atom is 0.142 e. The Bertz CT molecular complexity index is 576. The number of likely N-dealkylation sites (tertiary alicyclic amines) is 1. The van der Waals surface area contributed by atoms with Gasteiger partial charge in [-0.15, -0.1) is 23.7 Å². The van der Waals surface area contributed by atoms with Crippen LogP contribution < -0.4 is 5.32 Å². The molecule has 2 aliphatic heterocycles. The maximum absolute atomic E-state index is 4.74. The van der Waals surface area contributed by atoms with E-state index in [1.54, 1.807) is 11.3 Å². The summed E-state index contributed by atoms with van der Waals surface area (Å²) >= 11 is 1.69. The molecule has 0 amide bonds. The fraction of sp³-hybridized carbons (Fsp3) is 0.467. The first-order chi connectivity index (χ1) is 9.88. The minimum Gasteiger partial charge on any atom is -0.316 e. The van der Waals surface area contributed by atoms with Gasteiger partial charge >= 0.3 is 0 Å². The van der Waals surface area contributed by atoms with Crippen molar-refractivity contribution in [2.24, 2.45) is 11.8 Å². The van der Waals surface area contributed by atoms with Gasteiger partial charge in [0, 0.05) is 31.2 Å². The van der Waals surface area contributed by atoms with Crippen molar-refractivity contribution >= 4 is 23.7 Å². The average molecular weight is 323 g/mol. The van der Waals surface area contributed by atoms with Crippen molar-refractivity contribution < 1.29 is 0 Å². The SMILES string of the molecule is Cl.c1ccc(-c2nc(CN3C[C@H]4CNC[C@H]4C3)cs2)nc1. The van der Waals surface area contributed by atoms with Crippen molar-refractivity contribution in [3.63, 3.8) is 0 Å². The molecule has 2 saturated heterocycles. The molecule has 0 spiro atoms. The summed E-state index contributed by atoms with van der Waals surface area (Å²) in [5.41, 5.74) is 2.16. The van der Waals surface area contributed by atoms with Crippen molar-refractivity contribution in [3.05, 3.63) is 35.5 Å². The second-order valence-electron chi connectivity index (χ2n) is 5.73. The van der Waals surface area contributed by atoms with E-state index in [1.807, 2.05) is 24.4 Å². The first-order valence-electron chi connectivity index (χ1n) is 7.17. The molecule has 4 rings (SSSR count). The minimum absolute atomic E-state index is 0. The van der Waals surface area contributed by atoms with Gasteiger partial charge in [-0.1, -0.05) is 6.07 Å². The molecule has 0 radical (unpaired) electrons. The van der Waals surface area contributed by atoms with Gasteiger partial charge in [-0.2, -0.15) is 0 Å². The Morgan fingerprint density at radius 3 is 2.76 bits per heavy atom. The standard InChI is InChI=1S/C15H18N4S.ClH/c1-2-4-17-14(3-1)15-18-13(10-20-15)9-19-7-11-5-16-6-12(11)8-19;/h1-4,10-12,16H,5-9H2;1H/t11-,12+;. The second-order valence-corrected chi connectivity index (χ2v) is 6.59. The summed E-state index contributed by atoms with van der Waals surface area (Å²) in [5.74, 6) is 1.70. The number of hydrogen-bond acceptors (Lipinski definition) is 5. The second kappa shape index (κ2) is 6.40. The van der Waals surface area contributed by atoms with Crippen LogP contribution in [0.15, 0.2) is 29.8 Å². The van der Waals surface area contributed by atoms with Crippen LogP contribution in [0, 0.1) is 11.8 Å². The Kier molecular flexibility index (Phi) is 4.54. The van der Waals surface area contributed by atoms with Gasteiger partial charge in [0.25, 0.3) is 0 Å². The summed E-state index contributed by atoms with van der Waals surface area (Å²) in [6, 6.07) is 5.97. The summed E-state index contributed by atoms with van der Waals surface area (Å²) in [5, 5.41) is 6.69. The molecule has 6 heteroatoms. The quantitative estimate of drug-likeness (QED) is 0.941. The van der Waals surface area contributed by atoms with Crippen LogP contribution in [0.3, 0.4) is 0 Å². The number of fused-ring (bicyclic) bond motifs is 1. The highest BCUT2D eigenvalue weighted by atomic mass is 35.5. The zero-order chi connectivity index (χ0) is 13.4. The molecule has 112 valence electrons. The minimum atomic E-state index is 0. The Morgan fingerprint density at radius 1 is 1.24 bits per heavy atom. The van der Waals surface area contributed by atoms with Crippen molar-refractivity contribution in [3.8, 4) is 10.7 Å². The van der Waals surface area contributed by atoms with Crippen LogP contribution in [0.1, 0.15) is 5.69 Å². The van der Waals surface area contributed by atoms with Crippen molar-refractivity contribution in [2.45, 2.75) is 6.54 Å². The fourth-order valence-electron chi connectivity index (χ4n) is 3.30. The molecule has 4 nitrogen and oxygen atoms in total. The van der Waals surface area contributed by atoms with Crippen molar-refractivity contribution in [1.82, 2.24) is 20.2 Å². The maximum atomic E-state index is 4.74. The van der Waals surface area contributed by atoms with Crippen LogP contribution in [-0.4, -0.2) is 41.0 Å². The van der Waals surface area contributed by atoms with Gasteiger partial charge in [-0.25, -0.2) is 4.98 Å². The molecule has 2 aromatic rings. The summed E-state index contributed by atoms with van der Waals surface area (Å²) < 4.78 is 0. The van der Waals surface area contributed by atoms with E-state index in [0.29, 0.717) is 0 Å².